The van der Waals surface area contributed by atoms with Crippen LogP contribution in [-0.4, -0.2) is 16.1 Å². The number of anilines is 2. The lowest BCUT2D eigenvalue weighted by atomic mass is 10.1. The van der Waals surface area contributed by atoms with Crippen LogP contribution >= 0.6 is 0 Å². The number of carboxylic acid groups (broad SMARTS) is 1. The highest BCUT2D eigenvalue weighted by Crippen LogP contribution is 2.30. The molecule has 4 nitrogen and oxygen atoms in total. The summed E-state index contributed by atoms with van der Waals surface area (Å²) in [7, 11) is 0. The number of benzene rings is 2. The molecule has 0 bridgehead atoms. The Morgan fingerprint density at radius 1 is 1.17 bits per heavy atom. The predicted octanol–water partition coefficient (Wildman–Crippen LogP) is 4.26. The van der Waals surface area contributed by atoms with Gasteiger partial charge in [0.15, 0.2) is 11.6 Å². The van der Waals surface area contributed by atoms with E-state index in [0.717, 1.165) is 28.6 Å². The van der Waals surface area contributed by atoms with Gasteiger partial charge in [0.25, 0.3) is 0 Å². The zero-order chi connectivity index (χ0) is 16.6. The smallest absolute Gasteiger partial charge is 0.337 e. The summed E-state index contributed by atoms with van der Waals surface area (Å²) in [5, 5.41) is 12.7. The summed E-state index contributed by atoms with van der Waals surface area (Å²) in [4.78, 5) is 15.5. The fraction of sp³-hybridized carbons (Fsp3) is 0.0588. The van der Waals surface area contributed by atoms with E-state index in [-0.39, 0.29) is 5.56 Å². The first-order valence-electron chi connectivity index (χ1n) is 6.81. The van der Waals surface area contributed by atoms with Crippen molar-refractivity contribution in [1.29, 1.82) is 0 Å². The lowest BCUT2D eigenvalue weighted by Gasteiger charge is -2.14. The molecule has 0 radical (unpaired) electrons. The van der Waals surface area contributed by atoms with Gasteiger partial charge in [-0.25, -0.2) is 13.6 Å². The molecule has 0 saturated heterocycles. The Morgan fingerprint density at radius 2 is 1.91 bits per heavy atom. The maximum Gasteiger partial charge on any atom is 0.337 e. The van der Waals surface area contributed by atoms with E-state index in [2.05, 4.69) is 10.3 Å². The number of carboxylic acids is 1. The highest BCUT2D eigenvalue weighted by atomic mass is 19.2. The van der Waals surface area contributed by atoms with Crippen LogP contribution in [-0.2, 0) is 0 Å². The zero-order valence-electron chi connectivity index (χ0n) is 12.1. The minimum atomic E-state index is -1.35. The Hall–Kier alpha value is -3.02. The van der Waals surface area contributed by atoms with Crippen molar-refractivity contribution in [2.75, 3.05) is 5.32 Å². The van der Waals surface area contributed by atoms with Gasteiger partial charge in [0.2, 0.25) is 0 Å². The average Bonchev–Trinajstić information content (AvgIpc) is 2.54. The number of aromatic carboxylic acids is 1. The Kier molecular flexibility index (Phi) is 3.65. The lowest BCUT2D eigenvalue weighted by Crippen LogP contribution is -2.07. The van der Waals surface area contributed by atoms with Gasteiger partial charge in [-0.1, -0.05) is 18.2 Å². The average molecular weight is 314 g/mol. The molecule has 1 heterocycles. The zero-order valence-corrected chi connectivity index (χ0v) is 12.1. The van der Waals surface area contributed by atoms with Gasteiger partial charge in [-0.2, -0.15) is 0 Å². The van der Waals surface area contributed by atoms with Crippen molar-refractivity contribution in [3.05, 3.63) is 65.4 Å². The highest BCUT2D eigenvalue weighted by molar-refractivity contribution is 5.96. The molecule has 0 unspecified atom stereocenters. The molecule has 0 atom stereocenters. The number of para-hydroxylation sites is 1. The van der Waals surface area contributed by atoms with Gasteiger partial charge in [-0.15, -0.1) is 0 Å². The van der Waals surface area contributed by atoms with Gasteiger partial charge >= 0.3 is 5.97 Å². The van der Waals surface area contributed by atoms with Gasteiger partial charge in [-0.3, -0.25) is 4.98 Å². The van der Waals surface area contributed by atoms with E-state index in [4.69, 9.17) is 5.11 Å². The first-order chi connectivity index (χ1) is 11.0. The first-order valence-corrected chi connectivity index (χ1v) is 6.81. The SMILES string of the molecule is Cc1c(Nc2c(C(=O)O)ccc(F)c2F)cnc2ccccc12. The summed E-state index contributed by atoms with van der Waals surface area (Å²) in [6, 6.07) is 9.17. The number of pyridine rings is 1. The van der Waals surface area contributed by atoms with E-state index in [0.29, 0.717) is 5.69 Å². The molecule has 0 saturated carbocycles. The molecule has 0 aliphatic heterocycles. The second kappa shape index (κ2) is 5.64. The van der Waals surface area contributed by atoms with Crippen LogP contribution in [0.25, 0.3) is 10.9 Å². The number of nitrogens with one attached hydrogen (secondary N) is 1. The first kappa shape index (κ1) is 14.9. The molecule has 3 rings (SSSR count). The quantitative estimate of drug-likeness (QED) is 0.758. The number of halogens is 2. The molecule has 116 valence electrons. The third-order valence-corrected chi connectivity index (χ3v) is 3.63. The number of nitrogens with zero attached hydrogens (tertiary/aromatic N) is 1. The van der Waals surface area contributed by atoms with Crippen molar-refractivity contribution >= 4 is 28.2 Å². The Bertz CT molecular complexity index is 926. The van der Waals surface area contributed by atoms with Crippen LogP contribution < -0.4 is 5.32 Å². The molecule has 0 fully saturated rings. The van der Waals surface area contributed by atoms with E-state index in [9.17, 15) is 13.6 Å². The molecule has 0 amide bonds. The Balaban J connectivity index is 2.15. The minimum absolute atomic E-state index is 0.351. The molecule has 2 aromatic carbocycles. The number of fused-ring (bicyclic) bond motifs is 1. The molecule has 0 aliphatic carbocycles. The van der Waals surface area contributed by atoms with Crippen molar-refractivity contribution < 1.29 is 18.7 Å². The van der Waals surface area contributed by atoms with E-state index in [1.807, 2.05) is 24.3 Å². The molecule has 0 aliphatic rings. The highest BCUT2D eigenvalue weighted by Gasteiger charge is 2.19. The predicted molar refractivity (Wildman–Crippen MR) is 83.1 cm³/mol. The van der Waals surface area contributed by atoms with Gasteiger partial charge in [0, 0.05) is 5.39 Å². The van der Waals surface area contributed by atoms with Crippen molar-refractivity contribution in [2.24, 2.45) is 0 Å². The minimum Gasteiger partial charge on any atom is -0.478 e. The van der Waals surface area contributed by atoms with E-state index in [1.165, 1.54) is 6.20 Å². The summed E-state index contributed by atoms with van der Waals surface area (Å²) in [6.07, 6.45) is 1.47. The molecule has 1 aromatic heterocycles. The topological polar surface area (TPSA) is 62.2 Å². The molecule has 23 heavy (non-hydrogen) atoms. The summed E-state index contributed by atoms with van der Waals surface area (Å²) in [6.45, 7) is 1.80. The number of hydrogen-bond donors (Lipinski definition) is 2. The molecule has 3 aromatic rings. The van der Waals surface area contributed by atoms with Crippen LogP contribution in [0.5, 0.6) is 0 Å². The maximum atomic E-state index is 14.0. The second-order valence-electron chi connectivity index (χ2n) is 5.03. The van der Waals surface area contributed by atoms with Gasteiger partial charge in [0.1, 0.15) is 0 Å². The fourth-order valence-corrected chi connectivity index (χ4v) is 2.39. The number of carbonyl (C=O) groups is 1. The number of hydrogen-bond acceptors (Lipinski definition) is 3. The lowest BCUT2D eigenvalue weighted by molar-refractivity contribution is 0.0697. The molecule has 0 spiro atoms. The fourth-order valence-electron chi connectivity index (χ4n) is 2.39. The summed E-state index contributed by atoms with van der Waals surface area (Å²) in [5.41, 5.74) is 1.16. The molecule has 6 heteroatoms. The van der Waals surface area contributed by atoms with Gasteiger partial charge < -0.3 is 10.4 Å². The van der Waals surface area contributed by atoms with Crippen LogP contribution in [0.2, 0.25) is 0 Å². The molecular formula is C17H12F2N2O2. The normalized spacial score (nSPS) is 10.7. The number of aromatic nitrogens is 1. The maximum absolute atomic E-state index is 14.0. The standard InChI is InChI=1S/C17H12F2N2O2/c1-9-10-4-2-3-5-13(10)20-8-14(9)21-16-11(17(22)23)6-7-12(18)15(16)19/h2-8,21H,1H3,(H,22,23). The van der Waals surface area contributed by atoms with Crippen LogP contribution in [0, 0.1) is 18.6 Å². The Morgan fingerprint density at radius 3 is 2.65 bits per heavy atom. The van der Waals surface area contributed by atoms with Crippen molar-refractivity contribution in [2.45, 2.75) is 6.92 Å². The molecular weight excluding hydrogens is 302 g/mol. The third-order valence-electron chi connectivity index (χ3n) is 3.63. The van der Waals surface area contributed by atoms with Crippen molar-refractivity contribution in [3.63, 3.8) is 0 Å². The van der Waals surface area contributed by atoms with Gasteiger partial charge in [0.05, 0.1) is 28.7 Å². The number of rotatable bonds is 3. The Labute approximate surface area is 130 Å². The van der Waals surface area contributed by atoms with E-state index >= 15 is 0 Å². The summed E-state index contributed by atoms with van der Waals surface area (Å²) >= 11 is 0. The van der Waals surface area contributed by atoms with Crippen LogP contribution in [0.15, 0.2) is 42.6 Å². The van der Waals surface area contributed by atoms with E-state index in [1.54, 1.807) is 6.92 Å². The van der Waals surface area contributed by atoms with Crippen LogP contribution in [0.3, 0.4) is 0 Å². The van der Waals surface area contributed by atoms with Crippen LogP contribution in [0.4, 0.5) is 20.2 Å². The monoisotopic (exact) mass is 314 g/mol. The third kappa shape index (κ3) is 2.59. The van der Waals surface area contributed by atoms with Crippen molar-refractivity contribution in [1.82, 2.24) is 4.98 Å². The summed E-state index contributed by atoms with van der Waals surface area (Å²) in [5.74, 6) is -3.71. The van der Waals surface area contributed by atoms with Crippen molar-refractivity contribution in [3.8, 4) is 0 Å². The second-order valence-corrected chi connectivity index (χ2v) is 5.03. The number of aryl methyl sites for hydroxylation is 1. The van der Waals surface area contributed by atoms with Crippen LogP contribution in [0.1, 0.15) is 15.9 Å². The summed E-state index contributed by atoms with van der Waals surface area (Å²) < 4.78 is 27.5. The largest absolute Gasteiger partial charge is 0.478 e. The van der Waals surface area contributed by atoms with Gasteiger partial charge in [-0.05, 0) is 30.7 Å². The van der Waals surface area contributed by atoms with E-state index < -0.39 is 23.3 Å². The molecule has 2 N–H and O–H groups in total.